The summed E-state index contributed by atoms with van der Waals surface area (Å²) in [5.41, 5.74) is 2.82. The molecule has 0 radical (unpaired) electrons. The molecule has 5 heteroatoms. The number of rotatable bonds is 4. The Morgan fingerprint density at radius 3 is 2.40 bits per heavy atom. The Balaban J connectivity index is 1.71. The van der Waals surface area contributed by atoms with Crippen molar-refractivity contribution in [2.75, 3.05) is 16.8 Å². The highest BCUT2D eigenvalue weighted by Crippen LogP contribution is 2.28. The molecule has 5 nitrogen and oxygen atoms in total. The molecule has 3 amide bonds. The lowest BCUT2D eigenvalue weighted by Gasteiger charge is -2.27. The van der Waals surface area contributed by atoms with Crippen LogP contribution in [0.15, 0.2) is 54.6 Å². The summed E-state index contributed by atoms with van der Waals surface area (Å²) in [5.74, 6) is -0.0788. The maximum atomic E-state index is 13.0. The topological polar surface area (TPSA) is 61.4 Å². The maximum Gasteiger partial charge on any atom is 0.319 e. The van der Waals surface area contributed by atoms with Gasteiger partial charge in [-0.2, -0.15) is 0 Å². The number of para-hydroxylation sites is 2. The highest BCUT2D eigenvalue weighted by Gasteiger charge is 2.32. The highest BCUT2D eigenvalue weighted by molar-refractivity contribution is 6.02. The molecule has 0 aliphatic carbocycles. The molecule has 1 heterocycles. The second-order valence-corrected chi connectivity index (χ2v) is 6.55. The number of nitrogens with one attached hydrogen (secondary N) is 2. The van der Waals surface area contributed by atoms with Crippen LogP contribution in [0.5, 0.6) is 0 Å². The molecule has 25 heavy (non-hydrogen) atoms. The maximum absolute atomic E-state index is 13.0. The quantitative estimate of drug-likeness (QED) is 0.898. The average molecular weight is 337 g/mol. The number of hydrogen-bond donors (Lipinski definition) is 2. The zero-order valence-electron chi connectivity index (χ0n) is 14.5. The first kappa shape index (κ1) is 17.0. The van der Waals surface area contributed by atoms with E-state index in [0.29, 0.717) is 12.2 Å². The van der Waals surface area contributed by atoms with Crippen molar-refractivity contribution in [2.45, 2.75) is 26.3 Å². The van der Waals surface area contributed by atoms with Gasteiger partial charge in [0.2, 0.25) is 5.91 Å². The molecule has 1 aliphatic rings. The predicted octanol–water partition coefficient (Wildman–Crippen LogP) is 3.42. The number of carbonyl (C=O) groups excluding carboxylic acids is 2. The van der Waals surface area contributed by atoms with Gasteiger partial charge in [-0.05, 0) is 36.1 Å². The summed E-state index contributed by atoms with van der Waals surface area (Å²) in [7, 11) is 0. The first-order chi connectivity index (χ1) is 12.1. The van der Waals surface area contributed by atoms with Gasteiger partial charge in [0, 0.05) is 17.9 Å². The number of fused-ring (bicyclic) bond motifs is 1. The fourth-order valence-corrected chi connectivity index (χ4v) is 3.08. The van der Waals surface area contributed by atoms with Gasteiger partial charge in [0.15, 0.2) is 0 Å². The summed E-state index contributed by atoms with van der Waals surface area (Å²) in [6, 6.07) is 16.2. The lowest BCUT2D eigenvalue weighted by atomic mass is 10.0. The number of anilines is 2. The van der Waals surface area contributed by atoms with E-state index >= 15 is 0 Å². The molecular formula is C20H23N3O2. The largest absolute Gasteiger partial charge is 0.326 e. The minimum Gasteiger partial charge on any atom is -0.326 e. The van der Waals surface area contributed by atoms with Crippen molar-refractivity contribution in [1.29, 1.82) is 0 Å². The van der Waals surface area contributed by atoms with Gasteiger partial charge in [-0.3, -0.25) is 4.79 Å². The Morgan fingerprint density at radius 2 is 1.68 bits per heavy atom. The molecular weight excluding hydrogens is 314 g/mol. The van der Waals surface area contributed by atoms with Crippen molar-refractivity contribution in [3.05, 3.63) is 60.2 Å². The van der Waals surface area contributed by atoms with E-state index in [1.165, 1.54) is 5.56 Å². The van der Waals surface area contributed by atoms with Crippen molar-refractivity contribution >= 4 is 23.3 Å². The molecule has 3 rings (SSSR count). The van der Waals surface area contributed by atoms with Gasteiger partial charge in [-0.25, -0.2) is 4.79 Å². The van der Waals surface area contributed by atoms with Crippen molar-refractivity contribution in [1.82, 2.24) is 5.32 Å². The summed E-state index contributed by atoms with van der Waals surface area (Å²) in [6.45, 7) is 4.53. The van der Waals surface area contributed by atoms with Gasteiger partial charge >= 0.3 is 6.03 Å². The minimum absolute atomic E-state index is 0.0122. The van der Waals surface area contributed by atoms with Crippen LogP contribution < -0.4 is 15.5 Å². The molecule has 2 aromatic carbocycles. The number of hydrogen-bond acceptors (Lipinski definition) is 2. The van der Waals surface area contributed by atoms with E-state index in [1.54, 1.807) is 4.90 Å². The first-order valence-corrected chi connectivity index (χ1v) is 8.58. The van der Waals surface area contributed by atoms with Gasteiger partial charge in [0.1, 0.15) is 6.04 Å². The van der Waals surface area contributed by atoms with Crippen LogP contribution in [-0.2, 0) is 11.2 Å². The number of carbonyl (C=O) groups is 2. The molecule has 1 aliphatic heterocycles. The van der Waals surface area contributed by atoms with E-state index in [2.05, 4.69) is 10.6 Å². The van der Waals surface area contributed by atoms with Gasteiger partial charge in [0.25, 0.3) is 0 Å². The first-order valence-electron chi connectivity index (χ1n) is 8.58. The molecule has 2 N–H and O–H groups in total. The Bertz CT molecular complexity index is 759. The smallest absolute Gasteiger partial charge is 0.319 e. The molecule has 0 bridgehead atoms. The molecule has 0 saturated heterocycles. The molecule has 1 atom stereocenters. The fraction of sp³-hybridized carbons (Fsp3) is 0.300. The van der Waals surface area contributed by atoms with Crippen LogP contribution in [0.3, 0.4) is 0 Å². The molecule has 0 fully saturated rings. The van der Waals surface area contributed by atoms with Gasteiger partial charge in [-0.15, -0.1) is 0 Å². The van der Waals surface area contributed by atoms with Gasteiger partial charge in [0.05, 0.1) is 0 Å². The third kappa shape index (κ3) is 3.82. The van der Waals surface area contributed by atoms with Crippen molar-refractivity contribution < 1.29 is 9.59 Å². The Hall–Kier alpha value is -2.82. The van der Waals surface area contributed by atoms with Crippen LogP contribution in [0.25, 0.3) is 0 Å². The third-order valence-electron chi connectivity index (χ3n) is 4.40. The SMILES string of the molecule is CC(C)C(NC(=O)Nc1ccccc1)C(=O)N1CCc2ccccc21. The van der Waals surface area contributed by atoms with Crippen LogP contribution in [0, 0.1) is 5.92 Å². The summed E-state index contributed by atoms with van der Waals surface area (Å²) >= 11 is 0. The standard InChI is InChI=1S/C20H23N3O2/c1-14(2)18(22-20(25)21-16-9-4-3-5-10-16)19(24)23-13-12-15-8-6-7-11-17(15)23/h3-11,14,18H,12-13H2,1-2H3,(H2,21,22,25). The van der Waals surface area contributed by atoms with Gasteiger partial charge in [-0.1, -0.05) is 50.2 Å². The number of benzene rings is 2. The summed E-state index contributed by atoms with van der Waals surface area (Å²) < 4.78 is 0. The summed E-state index contributed by atoms with van der Waals surface area (Å²) in [6.07, 6.45) is 0.850. The van der Waals surface area contributed by atoms with E-state index in [1.807, 2.05) is 68.4 Å². The lowest BCUT2D eigenvalue weighted by Crippen LogP contribution is -2.52. The molecule has 0 spiro atoms. The lowest BCUT2D eigenvalue weighted by molar-refractivity contribution is -0.121. The van der Waals surface area contributed by atoms with Crippen molar-refractivity contribution in [3.63, 3.8) is 0 Å². The van der Waals surface area contributed by atoms with E-state index in [-0.39, 0.29) is 17.9 Å². The summed E-state index contributed by atoms with van der Waals surface area (Å²) in [5, 5.41) is 5.60. The number of nitrogens with zero attached hydrogens (tertiary/aromatic N) is 1. The zero-order valence-corrected chi connectivity index (χ0v) is 14.5. The Morgan fingerprint density at radius 1 is 1.00 bits per heavy atom. The third-order valence-corrected chi connectivity index (χ3v) is 4.40. The zero-order chi connectivity index (χ0) is 17.8. The predicted molar refractivity (Wildman–Crippen MR) is 99.7 cm³/mol. The van der Waals surface area contributed by atoms with Crippen molar-refractivity contribution in [3.8, 4) is 0 Å². The summed E-state index contributed by atoms with van der Waals surface area (Å²) in [4.78, 5) is 27.1. The van der Waals surface area contributed by atoms with E-state index in [0.717, 1.165) is 12.1 Å². The highest BCUT2D eigenvalue weighted by atomic mass is 16.2. The molecule has 2 aromatic rings. The second kappa shape index (κ2) is 7.38. The molecule has 1 unspecified atom stereocenters. The average Bonchev–Trinajstić information content (AvgIpc) is 3.04. The Labute approximate surface area is 148 Å². The molecule has 0 saturated carbocycles. The van der Waals surface area contributed by atoms with Crippen LogP contribution in [0.4, 0.5) is 16.2 Å². The number of urea groups is 1. The Kier molecular flexibility index (Phi) is 5.03. The normalized spacial score (nSPS) is 14.1. The minimum atomic E-state index is -0.574. The van der Waals surface area contributed by atoms with Crippen LogP contribution >= 0.6 is 0 Å². The van der Waals surface area contributed by atoms with Crippen LogP contribution in [-0.4, -0.2) is 24.5 Å². The van der Waals surface area contributed by atoms with Crippen molar-refractivity contribution in [2.24, 2.45) is 5.92 Å². The molecule has 0 aromatic heterocycles. The number of amides is 3. The van der Waals surface area contributed by atoms with Gasteiger partial charge < -0.3 is 15.5 Å². The van der Waals surface area contributed by atoms with Crippen LogP contribution in [0.2, 0.25) is 0 Å². The van der Waals surface area contributed by atoms with E-state index in [4.69, 9.17) is 0 Å². The van der Waals surface area contributed by atoms with E-state index in [9.17, 15) is 9.59 Å². The van der Waals surface area contributed by atoms with E-state index < -0.39 is 6.04 Å². The monoisotopic (exact) mass is 337 g/mol. The fourth-order valence-electron chi connectivity index (χ4n) is 3.08. The van der Waals surface area contributed by atoms with Crippen LogP contribution in [0.1, 0.15) is 19.4 Å². The molecule has 130 valence electrons. The second-order valence-electron chi connectivity index (χ2n) is 6.55.